The number of anilines is 1. The highest BCUT2D eigenvalue weighted by Crippen LogP contribution is 2.24. The normalized spacial score (nSPS) is 17.3. The Labute approximate surface area is 144 Å². The number of halogens is 1. The molecule has 1 unspecified atom stereocenters. The van der Waals surface area contributed by atoms with Crippen molar-refractivity contribution in [3.63, 3.8) is 0 Å². The second-order valence-corrected chi connectivity index (χ2v) is 6.72. The van der Waals surface area contributed by atoms with Gasteiger partial charge in [-0.15, -0.1) is 0 Å². The Kier molecular flexibility index (Phi) is 5.11. The molecule has 3 rings (SSSR count). The van der Waals surface area contributed by atoms with Crippen molar-refractivity contribution in [2.75, 3.05) is 18.0 Å². The van der Waals surface area contributed by atoms with E-state index < -0.39 is 0 Å². The number of thiophene rings is 1. The number of benzene rings is 1. The quantitative estimate of drug-likeness (QED) is 0.928. The maximum absolute atomic E-state index is 14.2. The van der Waals surface area contributed by atoms with Gasteiger partial charge in [0.25, 0.3) is 0 Å². The fourth-order valence-electron chi connectivity index (χ4n) is 3.00. The van der Waals surface area contributed by atoms with Gasteiger partial charge in [0.15, 0.2) is 0 Å². The number of rotatable bonds is 4. The van der Waals surface area contributed by atoms with Crippen LogP contribution in [0.3, 0.4) is 0 Å². The smallest absolute Gasteiger partial charge is 0.224 e. The Morgan fingerprint density at radius 3 is 3.04 bits per heavy atom. The summed E-state index contributed by atoms with van der Waals surface area (Å²) in [5.41, 5.74) is 1.82. The first-order valence-corrected chi connectivity index (χ1v) is 8.85. The number of hydrogen-bond donors (Lipinski definition) is 1. The average Bonchev–Trinajstić information content (AvgIpc) is 3.07. The monoisotopic (exact) mass is 343 g/mol. The van der Waals surface area contributed by atoms with Crippen LogP contribution in [0, 0.1) is 17.1 Å². The van der Waals surface area contributed by atoms with Crippen LogP contribution < -0.4 is 10.2 Å². The van der Waals surface area contributed by atoms with Crippen LogP contribution in [0.2, 0.25) is 0 Å². The van der Waals surface area contributed by atoms with Gasteiger partial charge in [0.05, 0.1) is 23.7 Å². The average molecular weight is 343 g/mol. The van der Waals surface area contributed by atoms with Crippen LogP contribution >= 0.6 is 11.3 Å². The van der Waals surface area contributed by atoms with Crippen molar-refractivity contribution in [3.8, 4) is 6.07 Å². The fraction of sp³-hybridized carbons (Fsp3) is 0.333. The third-order valence-electron chi connectivity index (χ3n) is 4.15. The van der Waals surface area contributed by atoms with E-state index in [9.17, 15) is 9.18 Å². The Balaban J connectivity index is 1.62. The molecule has 1 N–H and O–H groups in total. The largest absolute Gasteiger partial charge is 0.367 e. The minimum absolute atomic E-state index is 0.000510. The van der Waals surface area contributed by atoms with Gasteiger partial charge >= 0.3 is 0 Å². The molecule has 0 spiro atoms. The third kappa shape index (κ3) is 3.92. The number of carbonyl (C=O) groups is 1. The van der Waals surface area contributed by atoms with Gasteiger partial charge in [0.1, 0.15) is 5.82 Å². The first-order chi connectivity index (χ1) is 11.7. The molecule has 0 saturated carbocycles. The molecule has 2 aromatic rings. The second kappa shape index (κ2) is 7.45. The molecule has 1 atom stereocenters. The van der Waals surface area contributed by atoms with Crippen molar-refractivity contribution in [2.24, 2.45) is 0 Å². The fourth-order valence-corrected chi connectivity index (χ4v) is 3.67. The lowest BCUT2D eigenvalue weighted by Crippen LogP contribution is -2.48. The standard InChI is InChI=1S/C18H18FN3OS/c19-16-8-13(10-20)3-4-17(16)22-6-1-2-15(11-22)21-18(23)9-14-5-7-24-12-14/h3-5,7-8,12,15H,1-2,6,9,11H2,(H,21,23). The number of carbonyl (C=O) groups excluding carboxylic acids is 1. The molecule has 0 bridgehead atoms. The zero-order chi connectivity index (χ0) is 16.9. The molecule has 1 aromatic heterocycles. The molecule has 2 heterocycles. The van der Waals surface area contributed by atoms with Gasteiger partial charge in [-0.3, -0.25) is 4.79 Å². The van der Waals surface area contributed by atoms with Gasteiger partial charge in [0, 0.05) is 19.1 Å². The Bertz CT molecular complexity index is 754. The van der Waals surface area contributed by atoms with E-state index in [1.165, 1.54) is 6.07 Å². The summed E-state index contributed by atoms with van der Waals surface area (Å²) in [6.45, 7) is 1.33. The molecule has 1 fully saturated rings. The predicted octanol–water partition coefficient (Wildman–Crippen LogP) is 3.09. The first kappa shape index (κ1) is 16.5. The summed E-state index contributed by atoms with van der Waals surface area (Å²) in [4.78, 5) is 14.1. The maximum atomic E-state index is 14.2. The molecule has 1 aliphatic rings. The lowest BCUT2D eigenvalue weighted by Gasteiger charge is -2.35. The van der Waals surface area contributed by atoms with Crippen molar-refractivity contribution in [1.29, 1.82) is 5.26 Å². The van der Waals surface area contributed by atoms with E-state index in [-0.39, 0.29) is 17.8 Å². The van der Waals surface area contributed by atoms with Crippen molar-refractivity contribution in [1.82, 2.24) is 5.32 Å². The van der Waals surface area contributed by atoms with E-state index in [4.69, 9.17) is 5.26 Å². The number of nitriles is 1. The third-order valence-corrected chi connectivity index (χ3v) is 4.88. The second-order valence-electron chi connectivity index (χ2n) is 5.94. The zero-order valence-electron chi connectivity index (χ0n) is 13.2. The van der Waals surface area contributed by atoms with Crippen molar-refractivity contribution in [3.05, 3.63) is 52.0 Å². The molecular weight excluding hydrogens is 325 g/mol. The summed E-state index contributed by atoms with van der Waals surface area (Å²) in [5.74, 6) is -0.389. The zero-order valence-corrected chi connectivity index (χ0v) is 14.0. The Hall–Kier alpha value is -2.39. The number of nitrogens with one attached hydrogen (secondary N) is 1. The Morgan fingerprint density at radius 1 is 1.46 bits per heavy atom. The predicted molar refractivity (Wildman–Crippen MR) is 92.5 cm³/mol. The van der Waals surface area contributed by atoms with Crippen LogP contribution in [0.4, 0.5) is 10.1 Å². The summed E-state index contributed by atoms with van der Waals surface area (Å²) in [5, 5.41) is 15.8. The molecule has 124 valence electrons. The van der Waals surface area contributed by atoms with Gasteiger partial charge in [-0.2, -0.15) is 16.6 Å². The highest BCUT2D eigenvalue weighted by Gasteiger charge is 2.23. The summed E-state index contributed by atoms with van der Waals surface area (Å²) < 4.78 is 14.2. The van der Waals surface area contributed by atoms with E-state index in [1.54, 1.807) is 23.5 Å². The van der Waals surface area contributed by atoms with Crippen LogP contribution in [0.1, 0.15) is 24.0 Å². The molecule has 1 saturated heterocycles. The van der Waals surface area contributed by atoms with Crippen molar-refractivity contribution < 1.29 is 9.18 Å². The number of nitrogens with zero attached hydrogens (tertiary/aromatic N) is 2. The molecule has 1 amide bonds. The summed E-state index contributed by atoms with van der Waals surface area (Å²) in [6, 6.07) is 8.42. The van der Waals surface area contributed by atoms with Crippen molar-refractivity contribution in [2.45, 2.75) is 25.3 Å². The SMILES string of the molecule is N#Cc1ccc(N2CCCC(NC(=O)Cc3ccsc3)C2)c(F)c1. The summed E-state index contributed by atoms with van der Waals surface area (Å²) in [7, 11) is 0. The molecule has 6 heteroatoms. The van der Waals surface area contributed by atoms with Crippen LogP contribution in [0.5, 0.6) is 0 Å². The van der Waals surface area contributed by atoms with E-state index in [1.807, 2.05) is 27.8 Å². The molecule has 0 radical (unpaired) electrons. The molecule has 24 heavy (non-hydrogen) atoms. The van der Waals surface area contributed by atoms with Gasteiger partial charge in [0.2, 0.25) is 5.91 Å². The number of piperidine rings is 1. The minimum atomic E-state index is -0.390. The topological polar surface area (TPSA) is 56.1 Å². The van der Waals surface area contributed by atoms with Crippen LogP contribution in [0.25, 0.3) is 0 Å². The van der Waals surface area contributed by atoms with Crippen LogP contribution in [-0.4, -0.2) is 25.0 Å². The van der Waals surface area contributed by atoms with E-state index >= 15 is 0 Å². The number of hydrogen-bond acceptors (Lipinski definition) is 4. The highest BCUT2D eigenvalue weighted by atomic mass is 32.1. The van der Waals surface area contributed by atoms with Crippen LogP contribution in [0.15, 0.2) is 35.0 Å². The molecule has 0 aliphatic carbocycles. The van der Waals surface area contributed by atoms with Crippen LogP contribution in [-0.2, 0) is 11.2 Å². The van der Waals surface area contributed by atoms with E-state index in [0.717, 1.165) is 24.9 Å². The van der Waals surface area contributed by atoms with Gasteiger partial charge in [-0.05, 0) is 53.4 Å². The van der Waals surface area contributed by atoms with Gasteiger partial charge in [-0.25, -0.2) is 4.39 Å². The lowest BCUT2D eigenvalue weighted by atomic mass is 10.0. The summed E-state index contributed by atoms with van der Waals surface area (Å²) >= 11 is 1.58. The molecule has 4 nitrogen and oxygen atoms in total. The lowest BCUT2D eigenvalue weighted by molar-refractivity contribution is -0.121. The summed E-state index contributed by atoms with van der Waals surface area (Å²) in [6.07, 6.45) is 2.16. The van der Waals surface area contributed by atoms with Crippen molar-refractivity contribution >= 4 is 22.9 Å². The Morgan fingerprint density at radius 2 is 2.33 bits per heavy atom. The van der Waals surface area contributed by atoms with E-state index in [2.05, 4.69) is 5.32 Å². The first-order valence-electron chi connectivity index (χ1n) is 7.91. The maximum Gasteiger partial charge on any atom is 0.224 e. The van der Waals surface area contributed by atoms with Gasteiger partial charge in [-0.1, -0.05) is 0 Å². The molecule has 1 aliphatic heterocycles. The van der Waals surface area contributed by atoms with Gasteiger partial charge < -0.3 is 10.2 Å². The highest BCUT2D eigenvalue weighted by molar-refractivity contribution is 7.08. The molecule has 1 aromatic carbocycles. The molecular formula is C18H18FN3OS. The number of amides is 1. The minimum Gasteiger partial charge on any atom is -0.367 e. The van der Waals surface area contributed by atoms with E-state index in [0.29, 0.717) is 24.2 Å².